The first-order valence-electron chi connectivity index (χ1n) is 2.64. The van der Waals surface area contributed by atoms with E-state index in [1.807, 2.05) is 6.92 Å². The number of hydrogen-bond acceptors (Lipinski definition) is 2. The van der Waals surface area contributed by atoms with E-state index in [0.717, 1.165) is 12.3 Å². The summed E-state index contributed by atoms with van der Waals surface area (Å²) in [5.41, 5.74) is 4.85. The van der Waals surface area contributed by atoms with E-state index in [1.54, 1.807) is 0 Å². The largest absolute Gasteiger partial charge is 0.331 e. The van der Waals surface area contributed by atoms with Crippen LogP contribution in [-0.2, 0) is 0 Å². The summed E-state index contributed by atoms with van der Waals surface area (Å²) in [5.74, 6) is 1.01. The normalized spacial score (nSPS) is 6.86. The van der Waals surface area contributed by atoms with Crippen LogP contribution >= 0.6 is 12.6 Å². The highest BCUT2D eigenvalue weighted by Crippen LogP contribution is 1.74. The van der Waals surface area contributed by atoms with Gasteiger partial charge < -0.3 is 5.73 Å². The second-order valence-electron chi connectivity index (χ2n) is 1.13. The average molecular weight is 121 g/mol. The van der Waals surface area contributed by atoms with E-state index in [0.29, 0.717) is 0 Å². The van der Waals surface area contributed by atoms with Gasteiger partial charge in [0.2, 0.25) is 0 Å². The minimum atomic E-state index is 0.750. The monoisotopic (exact) mass is 121 g/mol. The van der Waals surface area contributed by atoms with E-state index in [1.165, 1.54) is 6.42 Å². The molecule has 0 bridgehead atoms. The van der Waals surface area contributed by atoms with Gasteiger partial charge in [0.15, 0.2) is 0 Å². The molecule has 0 amide bonds. The Labute approximate surface area is 51.7 Å². The van der Waals surface area contributed by atoms with Crippen LogP contribution in [0.5, 0.6) is 0 Å². The number of nitrogens with two attached hydrogens (primary N) is 1. The molecule has 0 spiro atoms. The molecule has 0 aromatic heterocycles. The predicted octanol–water partition coefficient (Wildman–Crippen LogP) is 1.29. The van der Waals surface area contributed by atoms with Crippen molar-refractivity contribution < 1.29 is 0 Å². The molecule has 2 N–H and O–H groups in total. The third kappa shape index (κ3) is 68.3. The highest BCUT2D eigenvalue weighted by Gasteiger charge is 1.57. The van der Waals surface area contributed by atoms with Crippen molar-refractivity contribution in [1.82, 2.24) is 0 Å². The molecule has 0 saturated heterocycles. The predicted molar refractivity (Wildman–Crippen MR) is 38.9 cm³/mol. The molecule has 1 nitrogen and oxygen atoms in total. The fourth-order valence-electron chi connectivity index (χ4n) is 0. The molecule has 0 aliphatic heterocycles. The zero-order valence-electron chi connectivity index (χ0n) is 5.15. The van der Waals surface area contributed by atoms with Crippen LogP contribution in [0, 0.1) is 0 Å². The molecule has 46 valence electrons. The molecule has 0 aliphatic carbocycles. The summed E-state index contributed by atoms with van der Waals surface area (Å²) in [6, 6.07) is 0. The van der Waals surface area contributed by atoms with Crippen LogP contribution < -0.4 is 5.73 Å². The summed E-state index contributed by atoms with van der Waals surface area (Å²) in [5, 5.41) is 0. The van der Waals surface area contributed by atoms with Gasteiger partial charge in [-0.3, -0.25) is 0 Å². The Morgan fingerprint density at radius 1 is 1.43 bits per heavy atom. The van der Waals surface area contributed by atoms with E-state index in [4.69, 9.17) is 5.73 Å². The molecule has 0 saturated carbocycles. The van der Waals surface area contributed by atoms with E-state index < -0.39 is 0 Å². The third-order valence-corrected chi connectivity index (χ3v) is 0.671. The maximum absolute atomic E-state index is 4.85. The van der Waals surface area contributed by atoms with Crippen LogP contribution in [0.3, 0.4) is 0 Å². The molecule has 0 aromatic rings. The Balaban J connectivity index is 0. The molecule has 0 rings (SSSR count). The number of rotatable bonds is 1. The topological polar surface area (TPSA) is 26.0 Å². The number of thiol groups is 1. The fourth-order valence-corrected chi connectivity index (χ4v) is 0. The van der Waals surface area contributed by atoms with E-state index >= 15 is 0 Å². The van der Waals surface area contributed by atoms with Crippen LogP contribution in [0.25, 0.3) is 0 Å². The van der Waals surface area contributed by atoms with Gasteiger partial charge in [0.05, 0.1) is 0 Å². The van der Waals surface area contributed by atoms with E-state index in [9.17, 15) is 0 Å². The van der Waals surface area contributed by atoms with E-state index in [-0.39, 0.29) is 0 Å². The van der Waals surface area contributed by atoms with Crippen molar-refractivity contribution in [1.29, 1.82) is 0 Å². The number of hydrogen-bond donors (Lipinski definition) is 2. The Morgan fingerprint density at radius 3 is 1.57 bits per heavy atom. The minimum Gasteiger partial charge on any atom is -0.331 e. The van der Waals surface area contributed by atoms with Gasteiger partial charge >= 0.3 is 0 Å². The van der Waals surface area contributed by atoms with Crippen LogP contribution in [-0.4, -0.2) is 12.3 Å². The maximum atomic E-state index is 4.85. The van der Waals surface area contributed by atoms with Gasteiger partial charge in [0.1, 0.15) is 0 Å². The smallest absolute Gasteiger partial charge is 0.0101 e. The molecular formula is C5H15NS. The molecule has 0 aliphatic rings. The van der Waals surface area contributed by atoms with Crippen LogP contribution in [0.2, 0.25) is 0 Å². The molecule has 0 atom stereocenters. The lowest BCUT2D eigenvalue weighted by Crippen LogP contribution is -1.87. The highest BCUT2D eigenvalue weighted by atomic mass is 32.1. The van der Waals surface area contributed by atoms with Gasteiger partial charge in [-0.05, 0) is 18.7 Å². The second-order valence-corrected chi connectivity index (χ2v) is 1.58. The van der Waals surface area contributed by atoms with Crippen molar-refractivity contribution in [2.45, 2.75) is 20.3 Å². The molecule has 0 unspecified atom stereocenters. The minimum absolute atomic E-state index is 0.750. The fraction of sp³-hybridized carbons (Fsp3) is 1.00. The summed E-state index contributed by atoms with van der Waals surface area (Å²) < 4.78 is 0. The van der Waals surface area contributed by atoms with Crippen molar-refractivity contribution in [3.63, 3.8) is 0 Å². The van der Waals surface area contributed by atoms with Gasteiger partial charge in [-0.25, -0.2) is 0 Å². The lowest BCUT2D eigenvalue weighted by Gasteiger charge is -1.67. The van der Waals surface area contributed by atoms with Crippen molar-refractivity contribution in [2.75, 3.05) is 12.3 Å². The molecule has 0 heterocycles. The Kier molecular flexibility index (Phi) is 23.9. The lowest BCUT2D eigenvalue weighted by atomic mass is 10.6. The summed E-state index contributed by atoms with van der Waals surface area (Å²) in [6.07, 6.45) is 1.18. The molecule has 0 aromatic carbocycles. The Bertz CT molecular complexity index is 15.6. The molecule has 0 fully saturated rings. The zero-order valence-corrected chi connectivity index (χ0v) is 6.04. The average Bonchev–Trinajstić information content (AvgIpc) is 1.69. The van der Waals surface area contributed by atoms with Gasteiger partial charge in [0.25, 0.3) is 0 Å². The van der Waals surface area contributed by atoms with Crippen LogP contribution in [0.15, 0.2) is 0 Å². The summed E-state index contributed by atoms with van der Waals surface area (Å²) in [6.45, 7) is 4.76. The van der Waals surface area contributed by atoms with Crippen molar-refractivity contribution in [2.24, 2.45) is 5.73 Å². The standard InChI is InChI=1S/C3H8S.C2H7N/c1-2-3-4;1-2-3/h4H,2-3H2,1H3;2-3H2,1H3. The second kappa shape index (κ2) is 16.2. The first-order chi connectivity index (χ1) is 3.33. The summed E-state index contributed by atoms with van der Waals surface area (Å²) in [4.78, 5) is 0. The van der Waals surface area contributed by atoms with Gasteiger partial charge in [-0.15, -0.1) is 0 Å². The molecule has 7 heavy (non-hydrogen) atoms. The molecule has 0 radical (unpaired) electrons. The van der Waals surface area contributed by atoms with Crippen molar-refractivity contribution in [3.05, 3.63) is 0 Å². The van der Waals surface area contributed by atoms with Crippen LogP contribution in [0.4, 0.5) is 0 Å². The first kappa shape index (κ1) is 10.3. The molecule has 2 heteroatoms. The highest BCUT2D eigenvalue weighted by molar-refractivity contribution is 7.80. The quantitative estimate of drug-likeness (QED) is 0.502. The zero-order chi connectivity index (χ0) is 6.12. The van der Waals surface area contributed by atoms with Crippen molar-refractivity contribution >= 4 is 12.6 Å². The van der Waals surface area contributed by atoms with Gasteiger partial charge in [-0.2, -0.15) is 12.6 Å². The summed E-state index contributed by atoms with van der Waals surface area (Å²) >= 11 is 3.92. The van der Waals surface area contributed by atoms with E-state index in [2.05, 4.69) is 19.6 Å². The van der Waals surface area contributed by atoms with Gasteiger partial charge in [-0.1, -0.05) is 13.8 Å². The maximum Gasteiger partial charge on any atom is -0.0101 e. The Morgan fingerprint density at radius 2 is 1.57 bits per heavy atom. The molecular weight excluding hydrogens is 106 g/mol. The lowest BCUT2D eigenvalue weighted by molar-refractivity contribution is 1.11. The SMILES string of the molecule is CCCS.CCN. The third-order valence-electron chi connectivity index (χ3n) is 0.224. The van der Waals surface area contributed by atoms with Gasteiger partial charge in [0, 0.05) is 0 Å². The summed E-state index contributed by atoms with van der Waals surface area (Å²) in [7, 11) is 0. The van der Waals surface area contributed by atoms with Crippen LogP contribution in [0.1, 0.15) is 20.3 Å². The Hall–Kier alpha value is 0.310. The first-order valence-corrected chi connectivity index (χ1v) is 3.27. The van der Waals surface area contributed by atoms with Crippen molar-refractivity contribution in [3.8, 4) is 0 Å².